The fourth-order valence-electron chi connectivity index (χ4n) is 1.46. The van der Waals surface area contributed by atoms with Gasteiger partial charge < -0.3 is 0 Å². The minimum absolute atomic E-state index is 0.0763. The predicted molar refractivity (Wildman–Crippen MR) is 47.2 cm³/mol. The Morgan fingerprint density at radius 3 is 2.83 bits per heavy atom. The smallest absolute Gasteiger partial charge is 0.231 e. The van der Waals surface area contributed by atoms with Gasteiger partial charge in [0.1, 0.15) is 0 Å². The summed E-state index contributed by atoms with van der Waals surface area (Å²) in [6.07, 6.45) is 6.90. The van der Waals surface area contributed by atoms with E-state index < -0.39 is 4.92 Å². The molecule has 66 valence electrons. The van der Waals surface area contributed by atoms with Crippen LogP contribution in [-0.2, 0) is 0 Å². The average molecular weight is 167 g/mol. The standard InChI is InChI=1S/C9H13NO2/c1-8-4-3-5-9(8,2)6-7-10(11)12/h4,6-7H,3,5H2,1-2H3/b7-6+/t9-/m1/s1. The first kappa shape index (κ1) is 8.97. The molecule has 0 saturated heterocycles. The lowest BCUT2D eigenvalue weighted by molar-refractivity contribution is -0.403. The van der Waals surface area contributed by atoms with Crippen LogP contribution in [-0.4, -0.2) is 4.92 Å². The van der Waals surface area contributed by atoms with Crippen LogP contribution < -0.4 is 0 Å². The highest BCUT2D eigenvalue weighted by Gasteiger charge is 2.27. The van der Waals surface area contributed by atoms with Crippen molar-refractivity contribution in [2.45, 2.75) is 26.7 Å². The Morgan fingerprint density at radius 1 is 1.75 bits per heavy atom. The molecule has 0 aromatic rings. The van der Waals surface area contributed by atoms with Crippen molar-refractivity contribution in [3.63, 3.8) is 0 Å². The van der Waals surface area contributed by atoms with E-state index >= 15 is 0 Å². The van der Waals surface area contributed by atoms with Crippen molar-refractivity contribution in [3.8, 4) is 0 Å². The fraction of sp³-hybridized carbons (Fsp3) is 0.556. The number of hydrogen-bond acceptors (Lipinski definition) is 2. The maximum absolute atomic E-state index is 10.1. The van der Waals surface area contributed by atoms with Crippen LogP contribution in [0.2, 0.25) is 0 Å². The van der Waals surface area contributed by atoms with Crippen molar-refractivity contribution >= 4 is 0 Å². The molecule has 1 rings (SSSR count). The molecule has 0 aromatic carbocycles. The maximum atomic E-state index is 10.1. The zero-order valence-corrected chi connectivity index (χ0v) is 7.41. The molecule has 1 atom stereocenters. The minimum atomic E-state index is -0.406. The molecular weight excluding hydrogens is 154 g/mol. The summed E-state index contributed by atoms with van der Waals surface area (Å²) in [5, 5.41) is 10.1. The van der Waals surface area contributed by atoms with E-state index in [0.29, 0.717) is 0 Å². The maximum Gasteiger partial charge on any atom is 0.231 e. The van der Waals surface area contributed by atoms with Crippen molar-refractivity contribution in [1.82, 2.24) is 0 Å². The van der Waals surface area contributed by atoms with Gasteiger partial charge in [0.25, 0.3) is 0 Å². The summed E-state index contributed by atoms with van der Waals surface area (Å²) >= 11 is 0. The quantitative estimate of drug-likeness (QED) is 0.360. The zero-order chi connectivity index (χ0) is 9.19. The van der Waals surface area contributed by atoms with Crippen LogP contribution in [0.4, 0.5) is 0 Å². The molecule has 0 heterocycles. The molecule has 1 aliphatic rings. The molecule has 12 heavy (non-hydrogen) atoms. The van der Waals surface area contributed by atoms with Crippen LogP contribution in [0.15, 0.2) is 23.9 Å². The molecule has 0 aromatic heterocycles. The summed E-state index contributed by atoms with van der Waals surface area (Å²) in [4.78, 5) is 9.70. The molecule has 0 saturated carbocycles. The van der Waals surface area contributed by atoms with Gasteiger partial charge in [-0.1, -0.05) is 18.6 Å². The van der Waals surface area contributed by atoms with E-state index in [0.717, 1.165) is 19.0 Å². The summed E-state index contributed by atoms with van der Waals surface area (Å²) in [7, 11) is 0. The van der Waals surface area contributed by atoms with Gasteiger partial charge in [-0.2, -0.15) is 0 Å². The van der Waals surface area contributed by atoms with Crippen LogP contribution >= 0.6 is 0 Å². The third kappa shape index (κ3) is 1.72. The van der Waals surface area contributed by atoms with Gasteiger partial charge in [0.05, 0.1) is 4.92 Å². The van der Waals surface area contributed by atoms with E-state index in [4.69, 9.17) is 0 Å². The molecule has 0 bridgehead atoms. The molecular formula is C9H13NO2. The van der Waals surface area contributed by atoms with Gasteiger partial charge in [0.15, 0.2) is 0 Å². The van der Waals surface area contributed by atoms with Crippen LogP contribution in [0.3, 0.4) is 0 Å². The van der Waals surface area contributed by atoms with Gasteiger partial charge in [0, 0.05) is 5.41 Å². The lowest BCUT2D eigenvalue weighted by atomic mass is 9.84. The molecule has 0 aliphatic heterocycles. The Kier molecular flexibility index (Phi) is 2.31. The summed E-state index contributed by atoms with van der Waals surface area (Å²) in [5.74, 6) is 0. The summed E-state index contributed by atoms with van der Waals surface area (Å²) in [5.41, 5.74) is 1.16. The minimum Gasteiger partial charge on any atom is -0.259 e. The predicted octanol–water partition coefficient (Wildman–Crippen LogP) is 2.52. The Morgan fingerprint density at radius 2 is 2.42 bits per heavy atom. The molecule has 0 N–H and O–H groups in total. The van der Waals surface area contributed by atoms with Crippen LogP contribution in [0.1, 0.15) is 26.7 Å². The summed E-state index contributed by atoms with van der Waals surface area (Å²) in [6, 6.07) is 0. The number of hydrogen-bond donors (Lipinski definition) is 0. The SMILES string of the molecule is CC1=CCC[C@]1(C)/C=C/[N+](=O)[O-]. The van der Waals surface area contributed by atoms with Crippen LogP contribution in [0, 0.1) is 15.5 Å². The molecule has 3 heteroatoms. The second kappa shape index (κ2) is 3.09. The monoisotopic (exact) mass is 167 g/mol. The first-order valence-corrected chi connectivity index (χ1v) is 4.05. The van der Waals surface area contributed by atoms with Gasteiger partial charge in [0.2, 0.25) is 6.20 Å². The van der Waals surface area contributed by atoms with E-state index in [1.54, 1.807) is 6.08 Å². The van der Waals surface area contributed by atoms with Crippen LogP contribution in [0.25, 0.3) is 0 Å². The lowest BCUT2D eigenvalue weighted by Crippen LogP contribution is -2.10. The highest BCUT2D eigenvalue weighted by molar-refractivity contribution is 5.23. The van der Waals surface area contributed by atoms with Crippen molar-refractivity contribution < 1.29 is 4.92 Å². The number of rotatable bonds is 2. The van der Waals surface area contributed by atoms with Gasteiger partial charge in [-0.15, -0.1) is 0 Å². The lowest BCUT2D eigenvalue weighted by Gasteiger charge is -2.19. The van der Waals surface area contributed by atoms with E-state index in [2.05, 4.69) is 6.08 Å². The number of nitro groups is 1. The van der Waals surface area contributed by atoms with Crippen LogP contribution in [0.5, 0.6) is 0 Å². The van der Waals surface area contributed by atoms with Crippen molar-refractivity contribution in [2.24, 2.45) is 5.41 Å². The van der Waals surface area contributed by atoms with Crippen molar-refractivity contribution in [3.05, 3.63) is 34.0 Å². The summed E-state index contributed by atoms with van der Waals surface area (Å²) in [6.45, 7) is 4.06. The van der Waals surface area contributed by atoms with Gasteiger partial charge in [-0.05, 0) is 25.8 Å². The average Bonchev–Trinajstić information content (AvgIpc) is 2.30. The molecule has 0 amide bonds. The Labute approximate surface area is 71.9 Å². The number of nitrogens with zero attached hydrogens (tertiary/aromatic N) is 1. The largest absolute Gasteiger partial charge is 0.259 e. The molecule has 0 radical (unpaired) electrons. The first-order valence-electron chi connectivity index (χ1n) is 4.05. The first-order chi connectivity index (χ1) is 5.54. The second-order valence-corrected chi connectivity index (χ2v) is 3.44. The highest BCUT2D eigenvalue weighted by Crippen LogP contribution is 2.39. The third-order valence-corrected chi connectivity index (χ3v) is 2.58. The van der Waals surface area contributed by atoms with Crippen molar-refractivity contribution in [2.75, 3.05) is 0 Å². The molecule has 3 nitrogen and oxygen atoms in total. The van der Waals surface area contributed by atoms with Gasteiger partial charge in [-0.25, -0.2) is 0 Å². The Bertz CT molecular complexity index is 255. The number of allylic oxidation sites excluding steroid dienone is 3. The van der Waals surface area contributed by atoms with E-state index in [-0.39, 0.29) is 5.41 Å². The van der Waals surface area contributed by atoms with Gasteiger partial charge >= 0.3 is 0 Å². The summed E-state index contributed by atoms with van der Waals surface area (Å²) < 4.78 is 0. The highest BCUT2D eigenvalue weighted by atomic mass is 16.6. The molecule has 0 unspecified atom stereocenters. The second-order valence-electron chi connectivity index (χ2n) is 3.44. The van der Waals surface area contributed by atoms with E-state index in [9.17, 15) is 10.1 Å². The van der Waals surface area contributed by atoms with E-state index in [1.165, 1.54) is 5.57 Å². The zero-order valence-electron chi connectivity index (χ0n) is 7.41. The normalized spacial score (nSPS) is 29.3. The van der Waals surface area contributed by atoms with Crippen molar-refractivity contribution in [1.29, 1.82) is 0 Å². The Balaban J connectivity index is 2.74. The topological polar surface area (TPSA) is 43.1 Å². The van der Waals surface area contributed by atoms with E-state index in [1.807, 2.05) is 13.8 Å². The van der Waals surface area contributed by atoms with Gasteiger partial charge in [-0.3, -0.25) is 10.1 Å². The molecule has 1 aliphatic carbocycles. The third-order valence-electron chi connectivity index (χ3n) is 2.58. The fourth-order valence-corrected chi connectivity index (χ4v) is 1.46. The Hall–Kier alpha value is -1.12. The molecule has 0 spiro atoms. The molecule has 0 fully saturated rings.